The van der Waals surface area contributed by atoms with Crippen molar-refractivity contribution in [3.63, 3.8) is 0 Å². The molecule has 0 saturated heterocycles. The van der Waals surface area contributed by atoms with Crippen LogP contribution < -0.4 is 4.74 Å². The summed E-state index contributed by atoms with van der Waals surface area (Å²) in [4.78, 5) is 28.5. The molecule has 1 atom stereocenters. The first-order chi connectivity index (χ1) is 10.2. The summed E-state index contributed by atoms with van der Waals surface area (Å²) in [6.07, 6.45) is 0.203. The van der Waals surface area contributed by atoms with Crippen LogP contribution in [0.3, 0.4) is 0 Å². The lowest BCUT2D eigenvalue weighted by Gasteiger charge is -2.32. The van der Waals surface area contributed by atoms with Crippen molar-refractivity contribution in [2.75, 3.05) is 6.54 Å². The number of nitrogens with zero attached hydrogens (tertiary/aromatic N) is 2. The van der Waals surface area contributed by atoms with Crippen LogP contribution in [-0.4, -0.2) is 39.4 Å². The summed E-state index contributed by atoms with van der Waals surface area (Å²) in [6, 6.07) is 1.31. The lowest BCUT2D eigenvalue weighted by Crippen LogP contribution is -2.38. The molecule has 1 N–H and O–H groups in total. The van der Waals surface area contributed by atoms with E-state index in [4.69, 9.17) is 9.47 Å². The molecule has 7 heteroatoms. The number of rotatable bonds is 1. The molecular formula is C15H20N2O5. The maximum Gasteiger partial charge on any atom is 0.514 e. The van der Waals surface area contributed by atoms with Crippen molar-refractivity contribution >= 4 is 12.2 Å². The van der Waals surface area contributed by atoms with Gasteiger partial charge in [0.2, 0.25) is 0 Å². The predicted molar refractivity (Wildman–Crippen MR) is 77.9 cm³/mol. The Morgan fingerprint density at radius 1 is 1.41 bits per heavy atom. The third kappa shape index (κ3) is 3.66. The number of amides is 1. The Hall–Kier alpha value is -2.31. The molecule has 0 radical (unpaired) electrons. The van der Waals surface area contributed by atoms with Crippen molar-refractivity contribution in [1.29, 1.82) is 0 Å². The summed E-state index contributed by atoms with van der Waals surface area (Å²) >= 11 is 0. The van der Waals surface area contributed by atoms with E-state index in [1.165, 1.54) is 11.1 Å². The molecule has 0 aliphatic carbocycles. The van der Waals surface area contributed by atoms with Crippen LogP contribution >= 0.6 is 0 Å². The zero-order valence-corrected chi connectivity index (χ0v) is 13.1. The van der Waals surface area contributed by atoms with Gasteiger partial charge in [-0.3, -0.25) is 4.98 Å². The number of fused-ring (bicyclic) bond motifs is 1. The number of hydrogen-bond donors (Lipinski definition) is 1. The Bertz CT molecular complexity index is 594. The topological polar surface area (TPSA) is 89.0 Å². The fourth-order valence-corrected chi connectivity index (χ4v) is 2.33. The molecule has 1 aromatic heterocycles. The minimum Gasteiger partial charge on any atom is -0.465 e. The van der Waals surface area contributed by atoms with Gasteiger partial charge in [0.15, 0.2) is 5.75 Å². The average molecular weight is 308 g/mol. The average Bonchev–Trinajstić information content (AvgIpc) is 2.37. The summed E-state index contributed by atoms with van der Waals surface area (Å²) in [6.45, 7) is 7.42. The molecule has 1 amide bonds. The van der Waals surface area contributed by atoms with Crippen molar-refractivity contribution in [1.82, 2.24) is 9.88 Å². The van der Waals surface area contributed by atoms with Crippen molar-refractivity contribution in [3.8, 4) is 5.75 Å². The first-order valence-electron chi connectivity index (χ1n) is 7.06. The van der Waals surface area contributed by atoms with E-state index in [0.29, 0.717) is 13.0 Å². The molecule has 2 heterocycles. The Morgan fingerprint density at radius 2 is 2.09 bits per heavy atom. The van der Waals surface area contributed by atoms with Crippen molar-refractivity contribution in [2.24, 2.45) is 0 Å². The highest BCUT2D eigenvalue weighted by atomic mass is 16.7. The molecule has 1 unspecified atom stereocenters. The largest absolute Gasteiger partial charge is 0.514 e. The second kappa shape index (κ2) is 5.82. The molecule has 0 saturated carbocycles. The van der Waals surface area contributed by atoms with Crippen LogP contribution in [0.4, 0.5) is 9.59 Å². The lowest BCUT2D eigenvalue weighted by atomic mass is 9.98. The van der Waals surface area contributed by atoms with E-state index >= 15 is 0 Å². The van der Waals surface area contributed by atoms with E-state index in [0.717, 1.165) is 11.3 Å². The van der Waals surface area contributed by atoms with Crippen LogP contribution in [0.2, 0.25) is 0 Å². The highest BCUT2D eigenvalue weighted by Gasteiger charge is 2.29. The van der Waals surface area contributed by atoms with Gasteiger partial charge in [0, 0.05) is 18.7 Å². The molecule has 1 aliphatic rings. The normalized spacial score (nSPS) is 17.6. The molecule has 22 heavy (non-hydrogen) atoms. The van der Waals surface area contributed by atoms with Gasteiger partial charge in [-0.2, -0.15) is 0 Å². The van der Waals surface area contributed by atoms with Gasteiger partial charge in [0.25, 0.3) is 0 Å². The summed E-state index contributed by atoms with van der Waals surface area (Å²) in [5, 5.41) is 9.18. The van der Waals surface area contributed by atoms with Crippen LogP contribution in [0.25, 0.3) is 0 Å². The number of carboxylic acid groups (broad SMARTS) is 1. The van der Waals surface area contributed by atoms with Crippen LogP contribution in [0, 0.1) is 0 Å². The first kappa shape index (κ1) is 16.1. The van der Waals surface area contributed by atoms with Crippen molar-refractivity contribution in [3.05, 3.63) is 23.5 Å². The molecule has 120 valence electrons. The first-order valence-corrected chi connectivity index (χ1v) is 7.06. The number of ether oxygens (including phenoxy) is 2. The van der Waals surface area contributed by atoms with E-state index < -0.39 is 17.8 Å². The smallest absolute Gasteiger partial charge is 0.465 e. The summed E-state index contributed by atoms with van der Waals surface area (Å²) in [5.74, 6) is 0.243. The van der Waals surface area contributed by atoms with Crippen LogP contribution in [0.15, 0.2) is 12.3 Å². The van der Waals surface area contributed by atoms with E-state index in [2.05, 4.69) is 4.98 Å². The van der Waals surface area contributed by atoms with Gasteiger partial charge in [0.05, 0.1) is 12.2 Å². The third-order valence-electron chi connectivity index (χ3n) is 3.32. The minimum absolute atomic E-state index is 0.243. The fourth-order valence-electron chi connectivity index (χ4n) is 2.33. The fraction of sp³-hybridized carbons (Fsp3) is 0.533. The van der Waals surface area contributed by atoms with Gasteiger partial charge in [-0.1, -0.05) is 0 Å². The SMILES string of the molecule is CC1c2cc(OC(=O)OC(C)(C)C)cnc2CCN1C(=O)O. The van der Waals surface area contributed by atoms with E-state index in [9.17, 15) is 14.7 Å². The number of aromatic nitrogens is 1. The van der Waals surface area contributed by atoms with Crippen LogP contribution in [0.1, 0.15) is 45.0 Å². The number of hydrogen-bond acceptors (Lipinski definition) is 5. The molecule has 0 spiro atoms. The maximum atomic E-state index is 11.7. The van der Waals surface area contributed by atoms with Crippen LogP contribution in [-0.2, 0) is 11.2 Å². The predicted octanol–water partition coefficient (Wildman–Crippen LogP) is 2.99. The van der Waals surface area contributed by atoms with Crippen LogP contribution in [0.5, 0.6) is 5.75 Å². The third-order valence-corrected chi connectivity index (χ3v) is 3.32. The number of pyridine rings is 1. The molecule has 0 bridgehead atoms. The Kier molecular flexibility index (Phi) is 4.25. The molecule has 0 aromatic carbocycles. The van der Waals surface area contributed by atoms with E-state index in [-0.39, 0.29) is 11.8 Å². The zero-order valence-electron chi connectivity index (χ0n) is 13.1. The summed E-state index contributed by atoms with van der Waals surface area (Å²) in [7, 11) is 0. The Balaban J connectivity index is 2.17. The highest BCUT2D eigenvalue weighted by Crippen LogP contribution is 2.30. The van der Waals surface area contributed by atoms with Crippen molar-refractivity contribution < 1.29 is 24.2 Å². The second-order valence-electron chi connectivity index (χ2n) is 6.18. The second-order valence-corrected chi connectivity index (χ2v) is 6.18. The monoisotopic (exact) mass is 308 g/mol. The molecule has 2 rings (SSSR count). The Morgan fingerprint density at radius 3 is 2.68 bits per heavy atom. The molecule has 1 aromatic rings. The highest BCUT2D eigenvalue weighted by molar-refractivity contribution is 5.67. The van der Waals surface area contributed by atoms with E-state index in [1.54, 1.807) is 33.8 Å². The van der Waals surface area contributed by atoms with Gasteiger partial charge in [-0.15, -0.1) is 0 Å². The minimum atomic E-state index is -0.975. The lowest BCUT2D eigenvalue weighted by molar-refractivity contribution is 0.0204. The van der Waals surface area contributed by atoms with Gasteiger partial charge in [-0.05, 0) is 39.3 Å². The van der Waals surface area contributed by atoms with Gasteiger partial charge in [0.1, 0.15) is 5.60 Å². The Labute approximate surface area is 128 Å². The standard InChI is InChI=1S/C15H20N2O5/c1-9-11-7-10(21-14(20)22-15(2,3)4)8-16-12(11)5-6-17(9)13(18)19/h7-9H,5-6H2,1-4H3,(H,18,19). The number of carbonyl (C=O) groups is 2. The number of carbonyl (C=O) groups excluding carboxylic acids is 1. The maximum absolute atomic E-state index is 11.7. The van der Waals surface area contributed by atoms with Gasteiger partial charge in [-0.25, -0.2) is 9.59 Å². The summed E-state index contributed by atoms with van der Waals surface area (Å²) < 4.78 is 10.2. The van der Waals surface area contributed by atoms with E-state index in [1.807, 2.05) is 0 Å². The van der Waals surface area contributed by atoms with Gasteiger partial charge < -0.3 is 19.5 Å². The van der Waals surface area contributed by atoms with Crippen molar-refractivity contribution in [2.45, 2.75) is 45.8 Å². The van der Waals surface area contributed by atoms with Gasteiger partial charge >= 0.3 is 12.2 Å². The molecule has 0 fully saturated rings. The molecule has 7 nitrogen and oxygen atoms in total. The summed E-state index contributed by atoms with van der Waals surface area (Å²) in [5.41, 5.74) is 0.919. The zero-order chi connectivity index (χ0) is 16.5. The molecule has 1 aliphatic heterocycles. The molecular weight excluding hydrogens is 288 g/mol. The quantitative estimate of drug-likeness (QED) is 0.802.